The molecule has 13 nitrogen and oxygen atoms in total. The lowest BCUT2D eigenvalue weighted by Gasteiger charge is -2.30. The zero-order valence-electron chi connectivity index (χ0n) is 18.7. The Morgan fingerprint density at radius 1 is 1.26 bits per heavy atom. The Morgan fingerprint density at radius 3 is 2.59 bits per heavy atom. The summed E-state index contributed by atoms with van der Waals surface area (Å²) >= 11 is 1.46. The number of rotatable bonds is 13. The number of amides is 3. The second kappa shape index (κ2) is 12.9. The topological polar surface area (TPSA) is 208 Å². The molecule has 3 amide bonds. The Labute approximate surface area is 200 Å². The second-order valence-electron chi connectivity index (χ2n) is 7.92. The van der Waals surface area contributed by atoms with Gasteiger partial charge >= 0.3 is 11.9 Å². The number of carboxylic acid groups (broad SMARTS) is 2. The lowest BCUT2D eigenvalue weighted by Crippen LogP contribution is -2.57. The number of nitrogens with two attached hydrogens (primary N) is 1. The zero-order chi connectivity index (χ0) is 25.3. The van der Waals surface area contributed by atoms with Gasteiger partial charge in [0.15, 0.2) is 0 Å². The van der Waals surface area contributed by atoms with Crippen molar-refractivity contribution in [3.8, 4) is 0 Å². The van der Waals surface area contributed by atoms with Gasteiger partial charge in [-0.15, -0.1) is 0 Å². The highest BCUT2D eigenvalue weighted by Crippen LogP contribution is 2.20. The molecule has 4 atom stereocenters. The van der Waals surface area contributed by atoms with Crippen molar-refractivity contribution in [1.29, 1.82) is 0 Å². The summed E-state index contributed by atoms with van der Waals surface area (Å²) in [5, 5.41) is 23.4. The Morgan fingerprint density at radius 2 is 2.00 bits per heavy atom. The third kappa shape index (κ3) is 7.73. The average molecular weight is 499 g/mol. The molecule has 1 fully saturated rings. The largest absolute Gasteiger partial charge is 0.481 e. The van der Waals surface area contributed by atoms with Crippen molar-refractivity contribution in [3.05, 3.63) is 18.2 Å². The maximum atomic E-state index is 13.3. The van der Waals surface area contributed by atoms with Gasteiger partial charge in [0, 0.05) is 24.9 Å². The van der Waals surface area contributed by atoms with E-state index in [1.54, 1.807) is 0 Å². The second-order valence-corrected chi connectivity index (χ2v) is 8.90. The molecule has 7 N–H and O–H groups in total. The van der Waals surface area contributed by atoms with Gasteiger partial charge < -0.3 is 36.5 Å². The van der Waals surface area contributed by atoms with Gasteiger partial charge in [0.05, 0.1) is 18.8 Å². The Kier molecular flexibility index (Phi) is 10.3. The van der Waals surface area contributed by atoms with Crippen LogP contribution in [0.1, 0.15) is 31.4 Å². The molecule has 2 heterocycles. The van der Waals surface area contributed by atoms with Gasteiger partial charge in [0.25, 0.3) is 0 Å². The molecule has 1 aliphatic rings. The number of hydrogen-bond acceptors (Lipinski definition) is 8. The molecular formula is C20H30N6O7S. The fourth-order valence-electron chi connectivity index (χ4n) is 3.64. The number of carbonyl (C=O) groups is 5. The fourth-order valence-corrected chi connectivity index (χ4v) is 4.11. The monoisotopic (exact) mass is 498 g/mol. The molecule has 0 radical (unpaired) electrons. The van der Waals surface area contributed by atoms with Crippen LogP contribution in [-0.2, 0) is 30.4 Å². The van der Waals surface area contributed by atoms with Crippen molar-refractivity contribution in [2.45, 2.75) is 56.3 Å². The smallest absolute Gasteiger partial charge is 0.326 e. The molecule has 0 bridgehead atoms. The number of likely N-dealkylation sites (tertiary alicyclic amines) is 1. The molecule has 1 aromatic heterocycles. The predicted octanol–water partition coefficient (Wildman–Crippen LogP) is -1.45. The molecule has 1 aromatic rings. The van der Waals surface area contributed by atoms with Gasteiger partial charge in [0.2, 0.25) is 17.7 Å². The number of thioether (sulfide) groups is 1. The number of hydrogen-bond donors (Lipinski definition) is 6. The van der Waals surface area contributed by atoms with Gasteiger partial charge in [-0.2, -0.15) is 11.8 Å². The minimum absolute atomic E-state index is 0.00435. The molecule has 188 valence electrons. The van der Waals surface area contributed by atoms with E-state index < -0.39 is 60.2 Å². The number of nitrogens with zero attached hydrogens (tertiary/aromatic N) is 2. The molecule has 14 heteroatoms. The van der Waals surface area contributed by atoms with Crippen LogP contribution in [0.25, 0.3) is 0 Å². The fraction of sp³-hybridized carbons (Fsp3) is 0.600. The van der Waals surface area contributed by atoms with E-state index in [0.717, 1.165) is 0 Å². The van der Waals surface area contributed by atoms with E-state index in [4.69, 9.17) is 10.8 Å². The van der Waals surface area contributed by atoms with Crippen LogP contribution in [0.15, 0.2) is 12.5 Å². The Bertz CT molecular complexity index is 881. The van der Waals surface area contributed by atoms with Crippen LogP contribution in [0.2, 0.25) is 0 Å². The summed E-state index contributed by atoms with van der Waals surface area (Å²) in [6.07, 6.45) is 5.23. The summed E-state index contributed by atoms with van der Waals surface area (Å²) < 4.78 is 0. The first-order chi connectivity index (χ1) is 16.1. The van der Waals surface area contributed by atoms with Gasteiger partial charge in [-0.3, -0.25) is 19.2 Å². The summed E-state index contributed by atoms with van der Waals surface area (Å²) in [5.41, 5.74) is 6.15. The lowest BCUT2D eigenvalue weighted by atomic mass is 10.1. The maximum absolute atomic E-state index is 13.3. The third-order valence-electron chi connectivity index (χ3n) is 5.39. The molecule has 0 spiro atoms. The molecule has 0 saturated carbocycles. The van der Waals surface area contributed by atoms with Crippen LogP contribution >= 0.6 is 11.8 Å². The van der Waals surface area contributed by atoms with Gasteiger partial charge in [-0.25, -0.2) is 9.78 Å². The number of H-pyrrole nitrogens is 1. The van der Waals surface area contributed by atoms with Crippen LogP contribution < -0.4 is 16.4 Å². The first-order valence-corrected chi connectivity index (χ1v) is 12.1. The standard InChI is InChI=1S/C20H30N6O7S/c1-34-6-4-13(24-17(29)12(21)8-16(27)28)19(31)26-5-2-3-15(26)18(30)25-14(20(32)33)7-11-9-22-10-23-11/h9-10,12-15H,2-8,21H2,1H3,(H,22,23)(H,24,29)(H,25,30)(H,27,28)(H,32,33). The Balaban J connectivity index is 2.09. The molecule has 1 saturated heterocycles. The van der Waals surface area contributed by atoms with E-state index in [-0.39, 0.29) is 19.4 Å². The average Bonchev–Trinajstić information content (AvgIpc) is 3.47. The zero-order valence-corrected chi connectivity index (χ0v) is 19.5. The van der Waals surface area contributed by atoms with E-state index >= 15 is 0 Å². The van der Waals surface area contributed by atoms with Crippen LogP contribution in [-0.4, -0.2) is 97.5 Å². The quantitative estimate of drug-likeness (QED) is 0.186. The first-order valence-electron chi connectivity index (χ1n) is 10.7. The van der Waals surface area contributed by atoms with E-state index in [1.807, 2.05) is 6.26 Å². The Hall–Kier alpha value is -3.13. The van der Waals surface area contributed by atoms with E-state index in [1.165, 1.54) is 29.2 Å². The van der Waals surface area contributed by atoms with Crippen molar-refractivity contribution in [2.24, 2.45) is 5.73 Å². The summed E-state index contributed by atoms with van der Waals surface area (Å²) in [7, 11) is 0. The lowest BCUT2D eigenvalue weighted by molar-refractivity contribution is -0.145. The minimum Gasteiger partial charge on any atom is -0.481 e. The summed E-state index contributed by atoms with van der Waals surface area (Å²) in [6.45, 7) is 0.266. The van der Waals surface area contributed by atoms with Crippen LogP contribution in [0.4, 0.5) is 0 Å². The number of carboxylic acids is 2. The summed E-state index contributed by atoms with van der Waals surface area (Å²) in [5.74, 6) is -3.81. The number of aliphatic carboxylic acids is 2. The van der Waals surface area contributed by atoms with Crippen molar-refractivity contribution in [3.63, 3.8) is 0 Å². The number of aromatic nitrogens is 2. The van der Waals surface area contributed by atoms with E-state index in [2.05, 4.69) is 20.6 Å². The van der Waals surface area contributed by atoms with Crippen LogP contribution in [0.5, 0.6) is 0 Å². The molecular weight excluding hydrogens is 468 g/mol. The highest BCUT2D eigenvalue weighted by atomic mass is 32.2. The number of imidazole rings is 1. The van der Waals surface area contributed by atoms with Crippen LogP contribution in [0.3, 0.4) is 0 Å². The van der Waals surface area contributed by atoms with Crippen molar-refractivity contribution in [1.82, 2.24) is 25.5 Å². The highest BCUT2D eigenvalue weighted by molar-refractivity contribution is 7.98. The van der Waals surface area contributed by atoms with E-state index in [0.29, 0.717) is 24.3 Å². The molecule has 1 aliphatic heterocycles. The summed E-state index contributed by atoms with van der Waals surface area (Å²) in [4.78, 5) is 68.9. The summed E-state index contributed by atoms with van der Waals surface area (Å²) in [6, 6.07) is -4.42. The highest BCUT2D eigenvalue weighted by Gasteiger charge is 2.39. The minimum atomic E-state index is -1.32. The molecule has 0 aromatic carbocycles. The maximum Gasteiger partial charge on any atom is 0.326 e. The molecule has 0 aliphatic carbocycles. The van der Waals surface area contributed by atoms with Crippen LogP contribution in [0, 0.1) is 0 Å². The SMILES string of the molecule is CSCCC(NC(=O)C(N)CC(=O)O)C(=O)N1CCCC1C(=O)NC(Cc1cnc[nH]1)C(=O)O. The van der Waals surface area contributed by atoms with Gasteiger partial charge in [0.1, 0.15) is 18.1 Å². The third-order valence-corrected chi connectivity index (χ3v) is 6.03. The van der Waals surface area contributed by atoms with Gasteiger partial charge in [-0.1, -0.05) is 0 Å². The van der Waals surface area contributed by atoms with Crippen molar-refractivity contribution in [2.75, 3.05) is 18.6 Å². The molecule has 4 unspecified atom stereocenters. The molecule has 2 rings (SSSR count). The normalized spacial score (nSPS) is 18.1. The van der Waals surface area contributed by atoms with Crippen molar-refractivity contribution >= 4 is 41.4 Å². The van der Waals surface area contributed by atoms with Gasteiger partial charge in [-0.05, 0) is 31.3 Å². The predicted molar refractivity (Wildman–Crippen MR) is 122 cm³/mol. The van der Waals surface area contributed by atoms with Crippen molar-refractivity contribution < 1.29 is 34.2 Å². The molecule has 34 heavy (non-hydrogen) atoms. The number of aromatic amines is 1. The number of carbonyl (C=O) groups excluding carboxylic acids is 3. The van der Waals surface area contributed by atoms with E-state index in [9.17, 15) is 29.1 Å². The first kappa shape index (κ1) is 27.1. The number of nitrogens with one attached hydrogen (secondary N) is 3.